The SMILES string of the molecule is COc1ccc(C)cc1-n1c(C)cn2c3c(=O)n(CC(N)=O)c(=O)n(C)c3nc12. The number of carbonyl (C=O) groups excluding carboxylic acids is 1. The van der Waals surface area contributed by atoms with Crippen molar-refractivity contribution in [1.29, 1.82) is 0 Å². The third-order valence-corrected chi connectivity index (χ3v) is 4.92. The molecule has 150 valence electrons. The average Bonchev–Trinajstić information content (AvgIpc) is 3.17. The number of amides is 1. The van der Waals surface area contributed by atoms with E-state index in [-0.39, 0.29) is 11.2 Å². The largest absolute Gasteiger partial charge is 0.495 e. The van der Waals surface area contributed by atoms with Crippen molar-refractivity contribution in [3.63, 3.8) is 0 Å². The lowest BCUT2D eigenvalue weighted by atomic mass is 10.2. The van der Waals surface area contributed by atoms with Crippen LogP contribution in [0.5, 0.6) is 5.75 Å². The van der Waals surface area contributed by atoms with Gasteiger partial charge in [-0.25, -0.2) is 9.36 Å². The van der Waals surface area contributed by atoms with E-state index in [4.69, 9.17) is 10.5 Å². The fourth-order valence-corrected chi connectivity index (χ4v) is 3.58. The summed E-state index contributed by atoms with van der Waals surface area (Å²) in [6, 6.07) is 5.75. The van der Waals surface area contributed by atoms with E-state index in [0.29, 0.717) is 11.5 Å². The maximum Gasteiger partial charge on any atom is 0.332 e. The second-order valence-corrected chi connectivity index (χ2v) is 6.93. The molecule has 0 aliphatic carbocycles. The molecule has 0 radical (unpaired) electrons. The summed E-state index contributed by atoms with van der Waals surface area (Å²) in [5.41, 5.74) is 6.94. The van der Waals surface area contributed by atoms with E-state index in [1.165, 1.54) is 11.6 Å². The summed E-state index contributed by atoms with van der Waals surface area (Å²) in [4.78, 5) is 41.4. The van der Waals surface area contributed by atoms with Gasteiger partial charge in [-0.1, -0.05) is 6.07 Å². The second kappa shape index (κ2) is 6.36. The third kappa shape index (κ3) is 2.64. The predicted molar refractivity (Wildman–Crippen MR) is 107 cm³/mol. The molecule has 10 nitrogen and oxygen atoms in total. The van der Waals surface area contributed by atoms with Gasteiger partial charge in [-0.3, -0.25) is 23.1 Å². The molecule has 0 atom stereocenters. The van der Waals surface area contributed by atoms with Crippen molar-refractivity contribution in [2.75, 3.05) is 7.11 Å². The first-order chi connectivity index (χ1) is 13.7. The number of carbonyl (C=O) groups is 1. The maximum atomic E-state index is 13.0. The van der Waals surface area contributed by atoms with Crippen molar-refractivity contribution in [2.24, 2.45) is 12.8 Å². The number of aromatic nitrogens is 5. The van der Waals surface area contributed by atoms with Crippen LogP contribution in [0.15, 0.2) is 34.0 Å². The highest BCUT2D eigenvalue weighted by atomic mass is 16.5. The molecule has 0 unspecified atom stereocenters. The van der Waals surface area contributed by atoms with E-state index in [2.05, 4.69) is 4.98 Å². The summed E-state index contributed by atoms with van der Waals surface area (Å²) in [6.07, 6.45) is 1.76. The molecule has 4 rings (SSSR count). The number of imidazole rings is 2. The van der Waals surface area contributed by atoms with Crippen LogP contribution in [0.2, 0.25) is 0 Å². The Hall–Kier alpha value is -3.82. The minimum Gasteiger partial charge on any atom is -0.495 e. The van der Waals surface area contributed by atoms with E-state index in [0.717, 1.165) is 21.5 Å². The maximum absolute atomic E-state index is 13.0. The fourth-order valence-electron chi connectivity index (χ4n) is 3.58. The van der Waals surface area contributed by atoms with Crippen LogP contribution in [-0.2, 0) is 18.4 Å². The summed E-state index contributed by atoms with van der Waals surface area (Å²) < 4.78 is 11.0. The van der Waals surface area contributed by atoms with Gasteiger partial charge in [-0.15, -0.1) is 0 Å². The number of hydrogen-bond donors (Lipinski definition) is 1. The third-order valence-electron chi connectivity index (χ3n) is 4.92. The minimum absolute atomic E-state index is 0.191. The zero-order valence-electron chi connectivity index (χ0n) is 16.5. The Morgan fingerprint density at radius 3 is 2.62 bits per heavy atom. The van der Waals surface area contributed by atoms with Gasteiger partial charge >= 0.3 is 5.69 Å². The topological polar surface area (TPSA) is 119 Å². The number of benzene rings is 1. The van der Waals surface area contributed by atoms with Crippen molar-refractivity contribution >= 4 is 22.8 Å². The summed E-state index contributed by atoms with van der Waals surface area (Å²) in [7, 11) is 3.08. The highest BCUT2D eigenvalue weighted by Crippen LogP contribution is 2.28. The monoisotopic (exact) mass is 396 g/mol. The van der Waals surface area contributed by atoms with E-state index in [9.17, 15) is 14.4 Å². The molecule has 3 aromatic heterocycles. The first-order valence-electron chi connectivity index (χ1n) is 8.87. The van der Waals surface area contributed by atoms with Gasteiger partial charge in [0.1, 0.15) is 12.3 Å². The minimum atomic E-state index is -0.775. The lowest BCUT2D eigenvalue weighted by Gasteiger charge is -2.12. The van der Waals surface area contributed by atoms with Crippen LogP contribution in [0.4, 0.5) is 0 Å². The van der Waals surface area contributed by atoms with Crippen molar-refractivity contribution < 1.29 is 9.53 Å². The molecule has 2 N–H and O–H groups in total. The normalized spacial score (nSPS) is 11.4. The van der Waals surface area contributed by atoms with E-state index in [1.54, 1.807) is 17.7 Å². The van der Waals surface area contributed by atoms with Crippen LogP contribution in [0.1, 0.15) is 11.3 Å². The lowest BCUT2D eigenvalue weighted by Crippen LogP contribution is -2.42. The Morgan fingerprint density at radius 2 is 1.97 bits per heavy atom. The van der Waals surface area contributed by atoms with Gasteiger partial charge in [0, 0.05) is 18.9 Å². The number of rotatable bonds is 4. The van der Waals surface area contributed by atoms with Gasteiger partial charge in [-0.2, -0.15) is 4.98 Å². The summed E-state index contributed by atoms with van der Waals surface area (Å²) in [5, 5.41) is 0. The molecule has 1 amide bonds. The zero-order chi connectivity index (χ0) is 21.0. The van der Waals surface area contributed by atoms with Crippen LogP contribution in [0.25, 0.3) is 22.6 Å². The Balaban J connectivity index is 2.15. The van der Waals surface area contributed by atoms with Crippen LogP contribution in [-0.4, -0.2) is 36.1 Å². The van der Waals surface area contributed by atoms with Gasteiger partial charge in [0.25, 0.3) is 5.56 Å². The van der Waals surface area contributed by atoms with E-state index in [1.807, 2.05) is 36.6 Å². The van der Waals surface area contributed by atoms with Gasteiger partial charge in [-0.05, 0) is 31.5 Å². The zero-order valence-corrected chi connectivity index (χ0v) is 16.5. The van der Waals surface area contributed by atoms with Crippen molar-refractivity contribution in [2.45, 2.75) is 20.4 Å². The smallest absolute Gasteiger partial charge is 0.332 e. The van der Waals surface area contributed by atoms with Crippen LogP contribution >= 0.6 is 0 Å². The molecule has 10 heteroatoms. The van der Waals surface area contributed by atoms with Crippen molar-refractivity contribution in [3.8, 4) is 11.4 Å². The number of nitrogens with two attached hydrogens (primary N) is 1. The lowest BCUT2D eigenvalue weighted by molar-refractivity contribution is -0.118. The number of nitrogens with zero attached hydrogens (tertiary/aromatic N) is 5. The Morgan fingerprint density at radius 1 is 1.24 bits per heavy atom. The summed E-state index contributed by atoms with van der Waals surface area (Å²) in [6.45, 7) is 3.35. The molecular formula is C19H20N6O4. The number of methoxy groups -OCH3 is 1. The fraction of sp³-hybridized carbons (Fsp3) is 0.263. The van der Waals surface area contributed by atoms with E-state index < -0.39 is 23.7 Å². The first kappa shape index (κ1) is 18.5. The first-order valence-corrected chi connectivity index (χ1v) is 8.87. The molecule has 0 saturated carbocycles. The predicted octanol–water partition coefficient (Wildman–Crippen LogP) is 0.249. The molecule has 0 aliphatic heterocycles. The van der Waals surface area contributed by atoms with Gasteiger partial charge in [0.15, 0.2) is 11.2 Å². The number of fused-ring (bicyclic) bond motifs is 3. The molecule has 4 aromatic rings. The number of ether oxygens (including phenoxy) is 1. The molecule has 1 aromatic carbocycles. The van der Waals surface area contributed by atoms with Crippen molar-refractivity contribution in [1.82, 2.24) is 23.1 Å². The van der Waals surface area contributed by atoms with Gasteiger partial charge < -0.3 is 10.5 Å². The Bertz CT molecular complexity index is 1420. The van der Waals surface area contributed by atoms with Crippen LogP contribution in [0, 0.1) is 13.8 Å². The van der Waals surface area contributed by atoms with E-state index >= 15 is 0 Å². The molecule has 0 aliphatic rings. The summed E-state index contributed by atoms with van der Waals surface area (Å²) in [5.74, 6) is 0.316. The summed E-state index contributed by atoms with van der Waals surface area (Å²) >= 11 is 0. The quantitative estimate of drug-likeness (QED) is 0.530. The number of primary amides is 1. The average molecular weight is 396 g/mol. The van der Waals surface area contributed by atoms with Gasteiger partial charge in [0.2, 0.25) is 11.7 Å². The molecular weight excluding hydrogens is 376 g/mol. The number of hydrogen-bond acceptors (Lipinski definition) is 5. The Kier molecular flexibility index (Phi) is 4.07. The molecule has 29 heavy (non-hydrogen) atoms. The standard InChI is InChI=1S/C19H20N6O4/c1-10-5-6-13(29-4)12(7-10)25-11(2)8-23-15-16(21-18(23)25)22(3)19(28)24(17(15)27)9-14(20)26/h5-8H,9H2,1-4H3,(H2,20,26). The highest BCUT2D eigenvalue weighted by molar-refractivity contribution is 5.78. The second-order valence-electron chi connectivity index (χ2n) is 6.93. The molecule has 0 spiro atoms. The molecule has 0 fully saturated rings. The Labute approximate surface area is 164 Å². The van der Waals surface area contributed by atoms with Crippen LogP contribution < -0.4 is 21.7 Å². The molecule has 0 saturated heterocycles. The number of aryl methyl sites for hydroxylation is 3. The highest BCUT2D eigenvalue weighted by Gasteiger charge is 2.22. The van der Waals surface area contributed by atoms with Crippen LogP contribution in [0.3, 0.4) is 0 Å². The van der Waals surface area contributed by atoms with Crippen molar-refractivity contribution in [3.05, 3.63) is 56.5 Å². The molecule has 3 heterocycles. The van der Waals surface area contributed by atoms with Gasteiger partial charge in [0.05, 0.1) is 12.8 Å². The molecule has 0 bridgehead atoms.